The largest absolute Gasteiger partial charge is 0.310 e. The van der Waals surface area contributed by atoms with Gasteiger partial charge in [0.15, 0.2) is 0 Å². The molecule has 0 fully saturated rings. The number of nitrogens with zero attached hydrogens (tertiary/aromatic N) is 3. The van der Waals surface area contributed by atoms with Crippen molar-refractivity contribution < 1.29 is 0 Å². The molecule has 18 heavy (non-hydrogen) atoms. The lowest BCUT2D eigenvalue weighted by Crippen LogP contribution is -2.21. The van der Waals surface area contributed by atoms with Gasteiger partial charge >= 0.3 is 0 Å². The highest BCUT2D eigenvalue weighted by Crippen LogP contribution is 2.17. The Kier molecular flexibility index (Phi) is 4.38. The Morgan fingerprint density at radius 2 is 1.94 bits per heavy atom. The van der Waals surface area contributed by atoms with E-state index in [1.54, 1.807) is 6.20 Å². The van der Waals surface area contributed by atoms with Crippen LogP contribution in [0.15, 0.2) is 35.3 Å². The minimum atomic E-state index is 0.0988. The predicted molar refractivity (Wildman–Crippen MR) is 74.2 cm³/mol. The van der Waals surface area contributed by atoms with Crippen molar-refractivity contribution in [2.45, 2.75) is 19.4 Å². The van der Waals surface area contributed by atoms with Crippen LogP contribution in [-0.2, 0) is 6.42 Å². The minimum absolute atomic E-state index is 0.0988. The van der Waals surface area contributed by atoms with E-state index in [0.717, 1.165) is 27.8 Å². The summed E-state index contributed by atoms with van der Waals surface area (Å²) in [7, 11) is 1.92. The maximum atomic E-state index is 4.36. The molecule has 5 heteroatoms. The smallest absolute Gasteiger partial charge is 0.145 e. The first-order chi connectivity index (χ1) is 8.69. The fraction of sp³-hybridized carbons (Fsp3) is 0.308. The van der Waals surface area contributed by atoms with Crippen LogP contribution in [0.5, 0.6) is 0 Å². The molecule has 1 N–H and O–H groups in total. The van der Waals surface area contributed by atoms with Crippen molar-refractivity contribution in [1.82, 2.24) is 20.3 Å². The van der Waals surface area contributed by atoms with Gasteiger partial charge in [-0.25, -0.2) is 9.97 Å². The Balaban J connectivity index is 2.17. The van der Waals surface area contributed by atoms with Crippen molar-refractivity contribution in [3.05, 3.63) is 52.3 Å². The van der Waals surface area contributed by atoms with Gasteiger partial charge in [0.25, 0.3) is 0 Å². The average molecular weight is 307 g/mol. The van der Waals surface area contributed by atoms with E-state index < -0.39 is 0 Å². The zero-order valence-electron chi connectivity index (χ0n) is 10.4. The zero-order valence-corrected chi connectivity index (χ0v) is 12.0. The van der Waals surface area contributed by atoms with Crippen LogP contribution in [-0.4, -0.2) is 22.0 Å². The first-order valence-electron chi connectivity index (χ1n) is 5.74. The molecular weight excluding hydrogens is 292 g/mol. The lowest BCUT2D eigenvalue weighted by Gasteiger charge is -2.14. The Morgan fingerprint density at radius 1 is 1.22 bits per heavy atom. The molecular formula is C13H15BrN4. The molecule has 0 aliphatic rings. The number of nitrogens with one attached hydrogen (secondary N) is 1. The van der Waals surface area contributed by atoms with Crippen molar-refractivity contribution in [3.63, 3.8) is 0 Å². The fourth-order valence-corrected chi connectivity index (χ4v) is 2.12. The summed E-state index contributed by atoms with van der Waals surface area (Å²) >= 11 is 3.43. The van der Waals surface area contributed by atoms with Gasteiger partial charge in [-0.3, -0.25) is 4.98 Å². The summed E-state index contributed by atoms with van der Waals surface area (Å²) in [6.45, 7) is 1.98. The molecule has 0 aliphatic heterocycles. The van der Waals surface area contributed by atoms with Crippen molar-refractivity contribution >= 4 is 15.9 Å². The summed E-state index contributed by atoms with van der Waals surface area (Å²) in [4.78, 5) is 12.9. The van der Waals surface area contributed by atoms with Gasteiger partial charge < -0.3 is 5.32 Å². The van der Waals surface area contributed by atoms with Crippen LogP contribution in [0.4, 0.5) is 0 Å². The normalized spacial score (nSPS) is 12.4. The maximum Gasteiger partial charge on any atom is 0.145 e. The number of halogens is 1. The summed E-state index contributed by atoms with van der Waals surface area (Å²) in [6, 6.07) is 2.16. The number of likely N-dealkylation sites (N-methyl/N-ethyl adjacent to an activating group) is 1. The number of rotatable bonds is 4. The van der Waals surface area contributed by atoms with E-state index in [4.69, 9.17) is 0 Å². The van der Waals surface area contributed by atoms with Crippen LogP contribution in [0.25, 0.3) is 0 Å². The van der Waals surface area contributed by atoms with Gasteiger partial charge in [-0.2, -0.15) is 0 Å². The van der Waals surface area contributed by atoms with E-state index in [9.17, 15) is 0 Å². The van der Waals surface area contributed by atoms with Crippen molar-refractivity contribution in [1.29, 1.82) is 0 Å². The second-order valence-corrected chi connectivity index (χ2v) is 5.09. The van der Waals surface area contributed by atoms with E-state index in [1.807, 2.05) is 32.6 Å². The molecule has 0 aliphatic carbocycles. The van der Waals surface area contributed by atoms with Crippen LogP contribution in [0, 0.1) is 6.92 Å². The molecule has 4 nitrogen and oxygen atoms in total. The molecule has 2 aromatic rings. The van der Waals surface area contributed by atoms with Crippen LogP contribution < -0.4 is 5.32 Å². The van der Waals surface area contributed by atoms with E-state index in [0.29, 0.717) is 0 Å². The van der Waals surface area contributed by atoms with Gasteiger partial charge in [0.1, 0.15) is 5.82 Å². The van der Waals surface area contributed by atoms with Gasteiger partial charge in [0, 0.05) is 29.3 Å². The van der Waals surface area contributed by atoms with Crippen LogP contribution >= 0.6 is 15.9 Å². The molecule has 0 saturated carbocycles. The first-order valence-corrected chi connectivity index (χ1v) is 6.53. The molecule has 0 amide bonds. The van der Waals surface area contributed by atoms with Crippen LogP contribution in [0.1, 0.15) is 23.0 Å². The summed E-state index contributed by atoms with van der Waals surface area (Å²) in [6.07, 6.45) is 8.13. The molecule has 2 rings (SSSR count). The summed E-state index contributed by atoms with van der Waals surface area (Å²) in [5.74, 6) is 0.808. The monoisotopic (exact) mass is 306 g/mol. The fourth-order valence-electron chi connectivity index (χ4n) is 1.71. The van der Waals surface area contributed by atoms with Gasteiger partial charge in [0.05, 0.1) is 6.04 Å². The third kappa shape index (κ3) is 3.34. The Bertz CT molecular complexity index is 513. The molecule has 0 saturated heterocycles. The molecule has 0 radical (unpaired) electrons. The zero-order chi connectivity index (χ0) is 13.0. The molecule has 0 spiro atoms. The highest BCUT2D eigenvalue weighted by atomic mass is 79.9. The van der Waals surface area contributed by atoms with Crippen molar-refractivity contribution in [3.8, 4) is 0 Å². The maximum absolute atomic E-state index is 4.36. The minimum Gasteiger partial charge on any atom is -0.310 e. The predicted octanol–water partition coefficient (Wildman–Crippen LogP) is 2.45. The number of hydrogen-bond acceptors (Lipinski definition) is 4. The molecule has 0 bridgehead atoms. The molecule has 1 atom stereocenters. The van der Waals surface area contributed by atoms with Gasteiger partial charge in [-0.1, -0.05) is 0 Å². The molecule has 2 aromatic heterocycles. The van der Waals surface area contributed by atoms with Gasteiger partial charge in [0.2, 0.25) is 0 Å². The van der Waals surface area contributed by atoms with E-state index in [2.05, 4.69) is 42.3 Å². The summed E-state index contributed by atoms with van der Waals surface area (Å²) in [5.41, 5.74) is 2.21. The number of pyridine rings is 1. The standard InChI is InChI=1S/C13H15BrN4/c1-9-5-17-13(18-6-9)12(15-2)4-10-3-11(14)8-16-7-10/h3,5-8,12,15H,4H2,1-2H3. The third-order valence-electron chi connectivity index (χ3n) is 2.66. The molecule has 94 valence electrons. The highest BCUT2D eigenvalue weighted by Gasteiger charge is 2.13. The van der Waals surface area contributed by atoms with Crippen molar-refractivity contribution in [2.24, 2.45) is 0 Å². The van der Waals surface area contributed by atoms with E-state index >= 15 is 0 Å². The Hall–Kier alpha value is -1.33. The Morgan fingerprint density at radius 3 is 2.56 bits per heavy atom. The quantitative estimate of drug-likeness (QED) is 0.942. The second-order valence-electron chi connectivity index (χ2n) is 4.18. The topological polar surface area (TPSA) is 50.7 Å². The van der Waals surface area contributed by atoms with Gasteiger partial charge in [-0.15, -0.1) is 0 Å². The lowest BCUT2D eigenvalue weighted by atomic mass is 10.1. The van der Waals surface area contributed by atoms with Gasteiger partial charge in [-0.05, 0) is 53.5 Å². The average Bonchev–Trinajstić information content (AvgIpc) is 2.37. The Labute approximate surface area is 115 Å². The van der Waals surface area contributed by atoms with Crippen LogP contribution in [0.3, 0.4) is 0 Å². The second kappa shape index (κ2) is 6.02. The lowest BCUT2D eigenvalue weighted by molar-refractivity contribution is 0.555. The van der Waals surface area contributed by atoms with E-state index in [-0.39, 0.29) is 6.04 Å². The summed E-state index contributed by atoms with van der Waals surface area (Å²) in [5, 5.41) is 3.24. The SMILES string of the molecule is CNC(Cc1cncc(Br)c1)c1ncc(C)cn1. The highest BCUT2D eigenvalue weighted by molar-refractivity contribution is 9.10. The summed E-state index contributed by atoms with van der Waals surface area (Å²) < 4.78 is 0.986. The van der Waals surface area contributed by atoms with Crippen LogP contribution in [0.2, 0.25) is 0 Å². The number of aryl methyl sites for hydroxylation is 1. The van der Waals surface area contributed by atoms with Crippen molar-refractivity contribution in [2.75, 3.05) is 7.05 Å². The third-order valence-corrected chi connectivity index (χ3v) is 3.10. The molecule has 2 heterocycles. The first kappa shape index (κ1) is 13.1. The molecule has 1 unspecified atom stereocenters. The molecule has 0 aromatic carbocycles. The number of hydrogen-bond donors (Lipinski definition) is 1. The number of aromatic nitrogens is 3. The van der Waals surface area contributed by atoms with E-state index in [1.165, 1.54) is 0 Å².